The maximum Gasteiger partial charge on any atom is 0.356 e. The van der Waals surface area contributed by atoms with Crippen molar-refractivity contribution in [1.82, 2.24) is 15.3 Å². The second kappa shape index (κ2) is 7.73. The molecule has 2 aromatic rings. The molecule has 0 aliphatic carbocycles. The first-order valence-electron chi connectivity index (χ1n) is 8.28. The van der Waals surface area contributed by atoms with E-state index in [2.05, 4.69) is 15.3 Å². The molecule has 2 amide bonds. The number of nitrogens with zero attached hydrogens (tertiary/aromatic N) is 3. The van der Waals surface area contributed by atoms with E-state index in [1.54, 1.807) is 4.90 Å². The van der Waals surface area contributed by atoms with Gasteiger partial charge in [0.25, 0.3) is 5.91 Å². The van der Waals surface area contributed by atoms with Crippen molar-refractivity contribution in [3.63, 3.8) is 0 Å². The molecule has 134 valence electrons. The second-order valence-corrected chi connectivity index (χ2v) is 5.88. The highest BCUT2D eigenvalue weighted by Gasteiger charge is 2.23. The van der Waals surface area contributed by atoms with Gasteiger partial charge in [-0.1, -0.05) is 18.2 Å². The van der Waals surface area contributed by atoms with Gasteiger partial charge in [-0.3, -0.25) is 9.59 Å². The van der Waals surface area contributed by atoms with Gasteiger partial charge in [0.15, 0.2) is 5.69 Å². The molecule has 2 N–H and O–H groups in total. The minimum absolute atomic E-state index is 0.0368. The molecule has 2 heterocycles. The summed E-state index contributed by atoms with van der Waals surface area (Å²) in [5, 5.41) is 11.4. The SMILES string of the molecule is O=C(O)c1cnc(C(=O)NCCCC(=O)N2CCc3ccccc32)cn1. The van der Waals surface area contributed by atoms with Crippen molar-refractivity contribution < 1.29 is 19.5 Å². The summed E-state index contributed by atoms with van der Waals surface area (Å²) in [6.07, 6.45) is 3.85. The molecule has 26 heavy (non-hydrogen) atoms. The van der Waals surface area contributed by atoms with Gasteiger partial charge < -0.3 is 15.3 Å². The highest BCUT2D eigenvalue weighted by Crippen LogP contribution is 2.27. The zero-order chi connectivity index (χ0) is 18.5. The van der Waals surface area contributed by atoms with E-state index in [1.165, 1.54) is 5.56 Å². The Morgan fingerprint density at radius 2 is 1.85 bits per heavy atom. The molecular weight excluding hydrogens is 336 g/mol. The maximum absolute atomic E-state index is 12.4. The van der Waals surface area contributed by atoms with Gasteiger partial charge in [-0.2, -0.15) is 0 Å². The number of aromatic nitrogens is 2. The number of rotatable bonds is 6. The first-order valence-corrected chi connectivity index (χ1v) is 8.28. The summed E-state index contributed by atoms with van der Waals surface area (Å²) in [6.45, 7) is 1.01. The molecule has 0 fully saturated rings. The van der Waals surface area contributed by atoms with Crippen LogP contribution < -0.4 is 10.2 Å². The number of hydrogen-bond acceptors (Lipinski definition) is 5. The third kappa shape index (κ3) is 3.85. The fourth-order valence-corrected chi connectivity index (χ4v) is 2.82. The smallest absolute Gasteiger partial charge is 0.356 e. The first-order chi connectivity index (χ1) is 12.6. The summed E-state index contributed by atoms with van der Waals surface area (Å²) in [6, 6.07) is 7.86. The van der Waals surface area contributed by atoms with E-state index in [1.807, 2.05) is 24.3 Å². The van der Waals surface area contributed by atoms with Crippen molar-refractivity contribution >= 4 is 23.5 Å². The molecule has 0 saturated carbocycles. The third-order valence-corrected chi connectivity index (χ3v) is 4.14. The number of carboxylic acids is 1. The fourth-order valence-electron chi connectivity index (χ4n) is 2.82. The van der Waals surface area contributed by atoms with E-state index in [-0.39, 0.29) is 17.3 Å². The number of carbonyl (C=O) groups is 3. The fraction of sp³-hybridized carbons (Fsp3) is 0.278. The topological polar surface area (TPSA) is 112 Å². The number of fused-ring (bicyclic) bond motifs is 1. The normalized spacial score (nSPS) is 12.5. The third-order valence-electron chi connectivity index (χ3n) is 4.14. The van der Waals surface area contributed by atoms with Crippen LogP contribution in [0, 0.1) is 0 Å². The molecule has 1 aromatic heterocycles. The van der Waals surface area contributed by atoms with Crippen molar-refractivity contribution in [1.29, 1.82) is 0 Å². The van der Waals surface area contributed by atoms with Crippen LogP contribution in [0.5, 0.6) is 0 Å². The van der Waals surface area contributed by atoms with E-state index in [9.17, 15) is 14.4 Å². The van der Waals surface area contributed by atoms with E-state index < -0.39 is 11.9 Å². The van der Waals surface area contributed by atoms with Crippen LogP contribution in [0.2, 0.25) is 0 Å². The number of para-hydroxylation sites is 1. The molecule has 8 heteroatoms. The molecule has 0 bridgehead atoms. The lowest BCUT2D eigenvalue weighted by Crippen LogP contribution is -2.30. The number of benzene rings is 1. The van der Waals surface area contributed by atoms with Gasteiger partial charge in [0.1, 0.15) is 5.69 Å². The highest BCUT2D eigenvalue weighted by atomic mass is 16.4. The van der Waals surface area contributed by atoms with Gasteiger partial charge >= 0.3 is 5.97 Å². The number of anilines is 1. The molecular formula is C18H18N4O4. The van der Waals surface area contributed by atoms with Gasteiger partial charge in [0.2, 0.25) is 5.91 Å². The zero-order valence-electron chi connectivity index (χ0n) is 14.0. The first kappa shape index (κ1) is 17.5. The summed E-state index contributed by atoms with van der Waals surface area (Å²) < 4.78 is 0. The molecule has 3 rings (SSSR count). The molecule has 1 aromatic carbocycles. The quantitative estimate of drug-likeness (QED) is 0.756. The Morgan fingerprint density at radius 3 is 2.58 bits per heavy atom. The van der Waals surface area contributed by atoms with Crippen molar-refractivity contribution in [2.24, 2.45) is 0 Å². The van der Waals surface area contributed by atoms with E-state index in [0.29, 0.717) is 25.9 Å². The van der Waals surface area contributed by atoms with Gasteiger partial charge in [-0.15, -0.1) is 0 Å². The van der Waals surface area contributed by atoms with Gasteiger partial charge in [0, 0.05) is 25.2 Å². The maximum atomic E-state index is 12.4. The number of nitrogens with one attached hydrogen (secondary N) is 1. The highest BCUT2D eigenvalue weighted by molar-refractivity contribution is 5.95. The van der Waals surface area contributed by atoms with E-state index >= 15 is 0 Å². The average Bonchev–Trinajstić information content (AvgIpc) is 3.09. The number of carbonyl (C=O) groups excluding carboxylic acids is 2. The lowest BCUT2D eigenvalue weighted by Gasteiger charge is -2.17. The van der Waals surface area contributed by atoms with Crippen LogP contribution in [0.15, 0.2) is 36.7 Å². The van der Waals surface area contributed by atoms with Crippen molar-refractivity contribution in [2.45, 2.75) is 19.3 Å². The summed E-state index contributed by atoms with van der Waals surface area (Å²) in [5.74, 6) is -1.62. The number of carboxylic acid groups (broad SMARTS) is 1. The molecule has 0 spiro atoms. The van der Waals surface area contributed by atoms with Crippen molar-refractivity contribution in [3.8, 4) is 0 Å². The Balaban J connectivity index is 1.45. The largest absolute Gasteiger partial charge is 0.476 e. The van der Waals surface area contributed by atoms with Crippen LogP contribution in [0.4, 0.5) is 5.69 Å². The molecule has 0 atom stereocenters. The lowest BCUT2D eigenvalue weighted by atomic mass is 10.2. The monoisotopic (exact) mass is 354 g/mol. The number of aromatic carboxylic acids is 1. The molecule has 0 saturated heterocycles. The minimum Gasteiger partial charge on any atom is -0.476 e. The van der Waals surface area contributed by atoms with Crippen LogP contribution in [0.25, 0.3) is 0 Å². The summed E-state index contributed by atoms with van der Waals surface area (Å²) in [4.78, 5) is 44.2. The molecule has 0 unspecified atom stereocenters. The average molecular weight is 354 g/mol. The van der Waals surface area contributed by atoms with Gasteiger partial charge in [0.05, 0.1) is 12.4 Å². The van der Waals surface area contributed by atoms with Crippen molar-refractivity contribution in [3.05, 3.63) is 53.6 Å². The van der Waals surface area contributed by atoms with Crippen LogP contribution in [-0.4, -0.2) is 45.9 Å². The zero-order valence-corrected chi connectivity index (χ0v) is 14.0. The van der Waals surface area contributed by atoms with E-state index in [4.69, 9.17) is 5.11 Å². The van der Waals surface area contributed by atoms with Crippen molar-refractivity contribution in [2.75, 3.05) is 18.0 Å². The van der Waals surface area contributed by atoms with Gasteiger partial charge in [-0.05, 0) is 24.5 Å². The number of amides is 2. The Kier molecular flexibility index (Phi) is 5.21. The lowest BCUT2D eigenvalue weighted by molar-refractivity contribution is -0.118. The summed E-state index contributed by atoms with van der Waals surface area (Å²) >= 11 is 0. The Morgan fingerprint density at radius 1 is 1.12 bits per heavy atom. The summed E-state index contributed by atoms with van der Waals surface area (Å²) in [5.41, 5.74) is 1.96. The van der Waals surface area contributed by atoms with Crippen LogP contribution in [0.1, 0.15) is 39.4 Å². The van der Waals surface area contributed by atoms with Crippen LogP contribution >= 0.6 is 0 Å². The standard InChI is InChI=1S/C18H18N4O4/c23-16(22-9-7-12-4-1-2-5-15(12)22)6-3-8-19-17(24)13-10-21-14(11-20-13)18(25)26/h1-2,4-5,10-11H,3,6-9H2,(H,19,24)(H,25,26). The summed E-state index contributed by atoms with van der Waals surface area (Å²) in [7, 11) is 0. The Bertz CT molecular complexity index is 835. The minimum atomic E-state index is -1.20. The van der Waals surface area contributed by atoms with E-state index in [0.717, 1.165) is 24.5 Å². The molecule has 8 nitrogen and oxygen atoms in total. The number of hydrogen-bond donors (Lipinski definition) is 2. The predicted octanol–water partition coefficient (Wildman–Crippen LogP) is 1.27. The van der Waals surface area contributed by atoms with Crippen LogP contribution in [-0.2, 0) is 11.2 Å². The Labute approximate surface area is 149 Å². The second-order valence-electron chi connectivity index (χ2n) is 5.88. The van der Waals surface area contributed by atoms with Gasteiger partial charge in [-0.25, -0.2) is 14.8 Å². The molecule has 0 radical (unpaired) electrons. The molecule has 1 aliphatic rings. The predicted molar refractivity (Wildman–Crippen MR) is 93.1 cm³/mol. The Hall–Kier alpha value is -3.29. The van der Waals surface area contributed by atoms with Crippen LogP contribution in [0.3, 0.4) is 0 Å². The molecule has 1 aliphatic heterocycles.